The summed E-state index contributed by atoms with van der Waals surface area (Å²) < 4.78 is 10.5. The number of rotatable bonds is 5. The molecule has 2 N–H and O–H groups in total. The van der Waals surface area contributed by atoms with E-state index in [1.54, 1.807) is 19.1 Å². The lowest BCUT2D eigenvalue weighted by Crippen LogP contribution is -2.13. The van der Waals surface area contributed by atoms with Crippen LogP contribution in [-0.4, -0.2) is 23.1 Å². The predicted molar refractivity (Wildman–Crippen MR) is 111 cm³/mol. The topological polar surface area (TPSA) is 97.0 Å². The summed E-state index contributed by atoms with van der Waals surface area (Å²) in [6, 6.07) is 8.24. The number of methoxy groups -OCH3 is 1. The Hall–Kier alpha value is -3.54. The van der Waals surface area contributed by atoms with E-state index in [0.29, 0.717) is 22.1 Å². The van der Waals surface area contributed by atoms with E-state index >= 15 is 0 Å². The minimum atomic E-state index is -0.888. The van der Waals surface area contributed by atoms with Crippen LogP contribution in [0.5, 0.6) is 17.2 Å². The maximum atomic E-state index is 12.7. The molecular formula is C23H22O6. The van der Waals surface area contributed by atoms with Gasteiger partial charge in [0.1, 0.15) is 16.9 Å². The van der Waals surface area contributed by atoms with Crippen LogP contribution in [0.1, 0.15) is 46.8 Å². The molecule has 150 valence electrons. The van der Waals surface area contributed by atoms with Crippen LogP contribution >= 0.6 is 0 Å². The van der Waals surface area contributed by atoms with Crippen molar-refractivity contribution in [3.8, 4) is 17.2 Å². The number of fused-ring (bicyclic) bond motifs is 1. The largest absolute Gasteiger partial charge is 0.506 e. The summed E-state index contributed by atoms with van der Waals surface area (Å²) in [6.07, 6.45) is 2.63. The number of aryl methyl sites for hydroxylation is 1. The lowest BCUT2D eigenvalue weighted by atomic mass is 9.96. The molecule has 0 saturated carbocycles. The van der Waals surface area contributed by atoms with Crippen LogP contribution in [0.25, 0.3) is 17.0 Å². The minimum Gasteiger partial charge on any atom is -0.506 e. The number of ether oxygens (including phenoxy) is 1. The van der Waals surface area contributed by atoms with Gasteiger partial charge >= 0.3 is 5.63 Å². The molecule has 0 spiro atoms. The summed E-state index contributed by atoms with van der Waals surface area (Å²) >= 11 is 0. The monoisotopic (exact) mass is 394 g/mol. The first-order chi connectivity index (χ1) is 13.7. The standard InChI is InChI=1S/C23H22O6/c1-12(2)15-8-5-13(3)19-21(26)20(23(27)29-22(15)19)17(25)10-7-14-6-9-16(24)18(11-14)28-4/h5-12,24,26H,1-4H3/b10-7+. The molecular weight excluding hydrogens is 372 g/mol. The van der Waals surface area contributed by atoms with Gasteiger partial charge in [0.05, 0.1) is 12.5 Å². The number of hydrogen-bond acceptors (Lipinski definition) is 6. The van der Waals surface area contributed by atoms with Gasteiger partial charge in [-0.15, -0.1) is 0 Å². The Morgan fingerprint density at radius 1 is 1.17 bits per heavy atom. The van der Waals surface area contributed by atoms with Gasteiger partial charge in [0, 0.05) is 0 Å². The number of phenolic OH excluding ortho intramolecular Hbond substituents is 1. The Kier molecular flexibility index (Phi) is 5.46. The van der Waals surface area contributed by atoms with Gasteiger partial charge in [0.2, 0.25) is 0 Å². The SMILES string of the molecule is COc1cc(/C=C/C(=O)c2c(O)c3c(C)ccc(C(C)C)c3oc2=O)ccc1O. The first kappa shape index (κ1) is 20.2. The van der Waals surface area contributed by atoms with Crippen LogP contribution < -0.4 is 10.4 Å². The molecule has 0 aliphatic carbocycles. The fraction of sp³-hybridized carbons (Fsp3) is 0.217. The number of allylic oxidation sites excluding steroid dienone is 1. The van der Waals surface area contributed by atoms with E-state index in [0.717, 1.165) is 5.56 Å². The fourth-order valence-corrected chi connectivity index (χ4v) is 3.19. The molecule has 1 heterocycles. The van der Waals surface area contributed by atoms with Gasteiger partial charge in [-0.1, -0.05) is 38.1 Å². The van der Waals surface area contributed by atoms with Crippen molar-refractivity contribution in [3.05, 3.63) is 69.1 Å². The zero-order chi connectivity index (χ0) is 21.3. The van der Waals surface area contributed by atoms with Gasteiger partial charge in [-0.05, 0) is 47.7 Å². The number of carbonyl (C=O) groups excluding carboxylic acids is 1. The molecule has 0 bridgehead atoms. The maximum absolute atomic E-state index is 12.7. The Morgan fingerprint density at radius 2 is 1.90 bits per heavy atom. The van der Waals surface area contributed by atoms with E-state index in [1.807, 2.05) is 26.0 Å². The second-order valence-corrected chi connectivity index (χ2v) is 7.07. The Balaban J connectivity index is 2.09. The average molecular weight is 394 g/mol. The van der Waals surface area contributed by atoms with E-state index in [4.69, 9.17) is 9.15 Å². The van der Waals surface area contributed by atoms with Crippen LogP contribution in [0.15, 0.2) is 45.6 Å². The highest BCUT2D eigenvalue weighted by Gasteiger charge is 2.22. The molecule has 0 radical (unpaired) electrons. The van der Waals surface area contributed by atoms with Gasteiger partial charge < -0.3 is 19.4 Å². The second-order valence-electron chi connectivity index (χ2n) is 7.07. The molecule has 6 heteroatoms. The molecule has 2 aromatic carbocycles. The van der Waals surface area contributed by atoms with Crippen molar-refractivity contribution in [2.45, 2.75) is 26.7 Å². The van der Waals surface area contributed by atoms with E-state index in [-0.39, 0.29) is 23.2 Å². The van der Waals surface area contributed by atoms with Crippen molar-refractivity contribution in [3.63, 3.8) is 0 Å². The van der Waals surface area contributed by atoms with Gasteiger partial charge in [-0.2, -0.15) is 0 Å². The van der Waals surface area contributed by atoms with E-state index in [9.17, 15) is 19.8 Å². The van der Waals surface area contributed by atoms with Crippen LogP contribution in [0.2, 0.25) is 0 Å². The minimum absolute atomic E-state index is 0.0276. The van der Waals surface area contributed by atoms with Crippen molar-refractivity contribution in [1.29, 1.82) is 0 Å². The molecule has 0 aliphatic rings. The second kappa shape index (κ2) is 7.83. The van der Waals surface area contributed by atoms with Crippen molar-refractivity contribution in [2.75, 3.05) is 7.11 Å². The van der Waals surface area contributed by atoms with Gasteiger partial charge in [-0.25, -0.2) is 4.79 Å². The average Bonchev–Trinajstić information content (AvgIpc) is 2.66. The van der Waals surface area contributed by atoms with Crippen molar-refractivity contribution in [1.82, 2.24) is 0 Å². The molecule has 1 aromatic heterocycles. The predicted octanol–water partition coefficient (Wildman–Crippen LogP) is 4.54. The summed E-state index contributed by atoms with van der Waals surface area (Å²) in [6.45, 7) is 5.68. The zero-order valence-corrected chi connectivity index (χ0v) is 16.6. The molecule has 0 unspecified atom stereocenters. The summed E-state index contributed by atoms with van der Waals surface area (Å²) in [5.74, 6) is -0.759. The number of hydrogen-bond donors (Lipinski definition) is 2. The molecule has 0 aliphatic heterocycles. The van der Waals surface area contributed by atoms with Crippen LogP contribution in [-0.2, 0) is 0 Å². The Labute approximate surface area is 167 Å². The van der Waals surface area contributed by atoms with Crippen LogP contribution in [0.4, 0.5) is 0 Å². The molecule has 6 nitrogen and oxygen atoms in total. The highest BCUT2D eigenvalue weighted by molar-refractivity contribution is 6.11. The number of ketones is 1. The number of benzene rings is 2. The molecule has 0 fully saturated rings. The summed E-state index contributed by atoms with van der Waals surface area (Å²) in [5, 5.41) is 20.7. The highest BCUT2D eigenvalue weighted by atomic mass is 16.5. The van der Waals surface area contributed by atoms with Crippen molar-refractivity contribution >= 4 is 22.8 Å². The molecule has 3 rings (SSSR count). The third kappa shape index (κ3) is 3.74. The van der Waals surface area contributed by atoms with Gasteiger partial charge in [0.15, 0.2) is 17.3 Å². The third-order valence-corrected chi connectivity index (χ3v) is 4.77. The maximum Gasteiger partial charge on any atom is 0.351 e. The number of aromatic hydroxyl groups is 2. The molecule has 29 heavy (non-hydrogen) atoms. The smallest absolute Gasteiger partial charge is 0.351 e. The van der Waals surface area contributed by atoms with Crippen LogP contribution in [0, 0.1) is 6.92 Å². The molecule has 0 atom stereocenters. The third-order valence-electron chi connectivity index (χ3n) is 4.77. The highest BCUT2D eigenvalue weighted by Crippen LogP contribution is 2.34. The van der Waals surface area contributed by atoms with Crippen molar-refractivity contribution in [2.24, 2.45) is 0 Å². The molecule has 0 saturated heterocycles. The van der Waals surface area contributed by atoms with E-state index < -0.39 is 17.0 Å². The van der Waals surface area contributed by atoms with Gasteiger partial charge in [-0.3, -0.25) is 4.79 Å². The first-order valence-corrected chi connectivity index (χ1v) is 9.13. The Morgan fingerprint density at radius 3 is 2.55 bits per heavy atom. The van der Waals surface area contributed by atoms with Crippen molar-refractivity contribution < 1.29 is 24.2 Å². The Bertz CT molecular complexity index is 1180. The normalized spacial score (nSPS) is 11.5. The number of phenols is 1. The zero-order valence-electron chi connectivity index (χ0n) is 16.6. The number of carbonyl (C=O) groups is 1. The van der Waals surface area contributed by atoms with Crippen LogP contribution in [0.3, 0.4) is 0 Å². The summed E-state index contributed by atoms with van der Waals surface area (Å²) in [5.41, 5.74) is 1.06. The fourth-order valence-electron chi connectivity index (χ4n) is 3.19. The molecule has 0 amide bonds. The quantitative estimate of drug-likeness (QED) is 0.375. The van der Waals surface area contributed by atoms with E-state index in [1.165, 1.54) is 25.3 Å². The van der Waals surface area contributed by atoms with Gasteiger partial charge in [0.25, 0.3) is 0 Å². The summed E-state index contributed by atoms with van der Waals surface area (Å²) in [7, 11) is 1.42. The summed E-state index contributed by atoms with van der Waals surface area (Å²) in [4.78, 5) is 25.2. The first-order valence-electron chi connectivity index (χ1n) is 9.13. The lowest BCUT2D eigenvalue weighted by molar-refractivity contribution is 0.104. The lowest BCUT2D eigenvalue weighted by Gasteiger charge is -2.12. The molecule has 3 aromatic rings. The van der Waals surface area contributed by atoms with E-state index in [2.05, 4.69) is 0 Å².